The van der Waals surface area contributed by atoms with Gasteiger partial charge in [-0.2, -0.15) is 0 Å². The first-order valence-electron chi connectivity index (χ1n) is 27.6. The fourth-order valence-electron chi connectivity index (χ4n) is 17.3. The minimum Gasteiger partial charge on any atom is -0.294 e. The quantitative estimate of drug-likeness (QED) is 0.214. The van der Waals surface area contributed by atoms with Crippen LogP contribution >= 0.6 is 0 Å². The second-order valence-corrected chi connectivity index (χ2v) is 24.6. The molecule has 0 radical (unpaired) electrons. The molecule has 0 saturated heterocycles. The van der Waals surface area contributed by atoms with Gasteiger partial charge in [0.15, 0.2) is 0 Å². The summed E-state index contributed by atoms with van der Waals surface area (Å²) in [4.78, 5) is 6.48. The maximum absolute atomic E-state index is 3.24. The summed E-state index contributed by atoms with van der Waals surface area (Å²) >= 11 is 0. The minimum atomic E-state index is 0.881. The van der Waals surface area contributed by atoms with Gasteiger partial charge in [-0.15, -0.1) is 0 Å². The molecule has 0 heterocycles. The highest BCUT2D eigenvalue weighted by molar-refractivity contribution is 5.05. The molecule has 2 nitrogen and oxygen atoms in total. The van der Waals surface area contributed by atoms with Crippen molar-refractivity contribution in [2.75, 3.05) is 0 Å². The fraction of sp³-hybridized carbons (Fsp3) is 0.964. The molecule has 0 bridgehead atoms. The van der Waals surface area contributed by atoms with Crippen molar-refractivity contribution in [1.82, 2.24) is 9.80 Å². The van der Waals surface area contributed by atoms with Gasteiger partial charge < -0.3 is 0 Å². The average molecular weight is 797 g/mol. The molecule has 8 unspecified atom stereocenters. The molecule has 0 spiro atoms. The Morgan fingerprint density at radius 3 is 1.21 bits per heavy atom. The molecule has 58 heavy (non-hydrogen) atoms. The second-order valence-electron chi connectivity index (χ2n) is 24.6. The van der Waals surface area contributed by atoms with Gasteiger partial charge in [0.05, 0.1) is 0 Å². The highest BCUT2D eigenvalue weighted by Gasteiger charge is 2.46. The molecule has 9 rings (SSSR count). The SMILES string of the molecule is CC1CCC(N(C2CCC(C)CC2)C2CCC(C3CCCC4C(/C=C/C5CCC6CC(N(C7CCC(C)CC7)C7CCC(C)CC7)CCC6C5)CCCC43)CC2)CC1. The Balaban J connectivity index is 0.777. The summed E-state index contributed by atoms with van der Waals surface area (Å²) in [5.41, 5.74) is 0. The zero-order valence-corrected chi connectivity index (χ0v) is 39.1. The van der Waals surface area contributed by atoms with Crippen molar-refractivity contribution < 1.29 is 0 Å². The van der Waals surface area contributed by atoms with Crippen LogP contribution in [-0.2, 0) is 0 Å². The van der Waals surface area contributed by atoms with Gasteiger partial charge >= 0.3 is 0 Å². The van der Waals surface area contributed by atoms with Crippen molar-refractivity contribution in [2.24, 2.45) is 71.0 Å². The zero-order valence-electron chi connectivity index (χ0n) is 39.1. The van der Waals surface area contributed by atoms with Gasteiger partial charge in [-0.1, -0.05) is 52.7 Å². The third kappa shape index (κ3) is 10.0. The van der Waals surface area contributed by atoms with Gasteiger partial charge in [-0.25, -0.2) is 0 Å². The largest absolute Gasteiger partial charge is 0.294 e. The first-order chi connectivity index (χ1) is 28.4. The van der Waals surface area contributed by atoms with E-state index in [1.54, 1.807) is 38.5 Å². The van der Waals surface area contributed by atoms with Gasteiger partial charge in [0, 0.05) is 36.3 Å². The normalized spacial score (nSPS) is 48.4. The number of hydrogen-bond donors (Lipinski definition) is 0. The van der Waals surface area contributed by atoms with Gasteiger partial charge in [0.2, 0.25) is 0 Å². The van der Waals surface area contributed by atoms with Gasteiger partial charge in [-0.3, -0.25) is 9.80 Å². The molecule has 0 aromatic carbocycles. The van der Waals surface area contributed by atoms with Crippen LogP contribution in [0.1, 0.15) is 233 Å². The molecule has 330 valence electrons. The molecule has 0 aromatic rings. The van der Waals surface area contributed by atoms with Gasteiger partial charge in [0.1, 0.15) is 0 Å². The zero-order chi connectivity index (χ0) is 39.6. The van der Waals surface area contributed by atoms with E-state index in [1.807, 2.05) is 0 Å². The Kier molecular flexibility index (Phi) is 14.8. The van der Waals surface area contributed by atoms with Crippen LogP contribution in [0.5, 0.6) is 0 Å². The third-order valence-electron chi connectivity index (χ3n) is 20.9. The Bertz CT molecular complexity index is 1200. The van der Waals surface area contributed by atoms with E-state index in [9.17, 15) is 0 Å². The summed E-state index contributed by atoms with van der Waals surface area (Å²) in [5, 5.41) is 0. The number of rotatable bonds is 9. The number of fused-ring (bicyclic) bond motifs is 2. The molecule has 0 aliphatic heterocycles. The standard InChI is InChI=1S/C56H96N2/c1-39-11-26-48(27-12-39)57(49-28-13-40(2)14-29-49)52-34-23-45(24-35-52)55-9-6-8-54-44(7-5-10-56(54)55)21-19-43-20-22-47-38-53(36-25-46(47)37-43)58(50-30-15-41(3)16-31-50)51-32-17-42(4)18-33-51/h19,21,39-56H,5-18,20,22-38H2,1-4H3/b21-19+. The lowest BCUT2D eigenvalue weighted by molar-refractivity contribution is -0.0168. The summed E-state index contributed by atoms with van der Waals surface area (Å²) < 4.78 is 0. The van der Waals surface area contributed by atoms with E-state index in [0.717, 1.165) is 107 Å². The first kappa shape index (κ1) is 42.9. The summed E-state index contributed by atoms with van der Waals surface area (Å²) in [5.74, 6) is 11.8. The molecule has 8 atom stereocenters. The van der Waals surface area contributed by atoms with Crippen molar-refractivity contribution >= 4 is 0 Å². The Morgan fingerprint density at radius 1 is 0.293 bits per heavy atom. The van der Waals surface area contributed by atoms with Crippen LogP contribution in [0, 0.1) is 71.0 Å². The predicted octanol–water partition coefficient (Wildman–Crippen LogP) is 15.4. The number of hydrogen-bond acceptors (Lipinski definition) is 2. The van der Waals surface area contributed by atoms with Crippen LogP contribution in [0.25, 0.3) is 0 Å². The van der Waals surface area contributed by atoms with Crippen molar-refractivity contribution in [3.8, 4) is 0 Å². The lowest BCUT2D eigenvalue weighted by Crippen LogP contribution is -2.54. The highest BCUT2D eigenvalue weighted by atomic mass is 15.2. The van der Waals surface area contributed by atoms with Crippen LogP contribution in [0.15, 0.2) is 12.2 Å². The predicted molar refractivity (Wildman–Crippen MR) is 248 cm³/mol. The van der Waals surface area contributed by atoms with Gasteiger partial charge in [-0.05, 0) is 264 Å². The molecular weight excluding hydrogens is 701 g/mol. The molecule has 9 aliphatic rings. The average Bonchev–Trinajstić information content (AvgIpc) is 3.26. The topological polar surface area (TPSA) is 6.48 Å². The monoisotopic (exact) mass is 797 g/mol. The third-order valence-corrected chi connectivity index (χ3v) is 20.9. The van der Waals surface area contributed by atoms with Crippen molar-refractivity contribution in [1.29, 1.82) is 0 Å². The first-order valence-corrected chi connectivity index (χ1v) is 27.6. The van der Waals surface area contributed by atoms with Gasteiger partial charge in [0.25, 0.3) is 0 Å². The van der Waals surface area contributed by atoms with E-state index >= 15 is 0 Å². The Morgan fingerprint density at radius 2 is 0.672 bits per heavy atom. The smallest absolute Gasteiger partial charge is 0.0104 e. The van der Waals surface area contributed by atoms with E-state index < -0.39 is 0 Å². The lowest BCUT2D eigenvalue weighted by Gasteiger charge is -2.52. The molecule has 0 N–H and O–H groups in total. The molecular formula is C56H96N2. The maximum Gasteiger partial charge on any atom is 0.0104 e. The van der Waals surface area contributed by atoms with Crippen molar-refractivity contribution in [3.05, 3.63) is 12.2 Å². The fourth-order valence-corrected chi connectivity index (χ4v) is 17.3. The Labute approximate surface area is 361 Å². The summed E-state index contributed by atoms with van der Waals surface area (Å²) in [7, 11) is 0. The Hall–Kier alpha value is -0.340. The van der Waals surface area contributed by atoms with Crippen LogP contribution < -0.4 is 0 Å². The molecule has 9 fully saturated rings. The number of nitrogens with zero attached hydrogens (tertiary/aromatic N) is 2. The van der Waals surface area contributed by atoms with Crippen LogP contribution in [0.2, 0.25) is 0 Å². The molecule has 0 aromatic heterocycles. The van der Waals surface area contributed by atoms with E-state index in [-0.39, 0.29) is 0 Å². The lowest BCUT2D eigenvalue weighted by atomic mass is 9.57. The highest BCUT2D eigenvalue weighted by Crippen LogP contribution is 2.53. The van der Waals surface area contributed by atoms with Crippen molar-refractivity contribution in [2.45, 2.75) is 269 Å². The van der Waals surface area contributed by atoms with Crippen LogP contribution in [0.4, 0.5) is 0 Å². The van der Waals surface area contributed by atoms with Crippen molar-refractivity contribution in [3.63, 3.8) is 0 Å². The molecule has 2 heteroatoms. The number of allylic oxidation sites excluding steroid dienone is 2. The summed E-state index contributed by atoms with van der Waals surface area (Å²) in [6, 6.07) is 5.42. The van der Waals surface area contributed by atoms with E-state index in [4.69, 9.17) is 0 Å². The van der Waals surface area contributed by atoms with Crippen LogP contribution in [0.3, 0.4) is 0 Å². The summed E-state index contributed by atoms with van der Waals surface area (Å²) in [6.45, 7) is 10.1. The molecule has 9 saturated carbocycles. The second kappa shape index (κ2) is 20.0. The van der Waals surface area contributed by atoms with E-state index in [0.29, 0.717) is 0 Å². The maximum atomic E-state index is 3.24. The minimum absolute atomic E-state index is 0.881. The van der Waals surface area contributed by atoms with E-state index in [1.165, 1.54) is 167 Å². The van der Waals surface area contributed by atoms with Crippen LogP contribution in [-0.4, -0.2) is 46.1 Å². The summed E-state index contributed by atoms with van der Waals surface area (Å²) in [6.07, 6.45) is 54.2. The van der Waals surface area contributed by atoms with E-state index in [2.05, 4.69) is 49.6 Å². The molecule has 0 amide bonds. The molecule has 9 aliphatic carbocycles.